The average Bonchev–Trinajstić information content (AvgIpc) is 3.14. The first-order chi connectivity index (χ1) is 11.0. The number of amides is 1. The van der Waals surface area contributed by atoms with Crippen LogP contribution in [0.2, 0.25) is 0 Å². The Morgan fingerprint density at radius 2 is 2.17 bits per heavy atom. The first-order valence-corrected chi connectivity index (χ1v) is 8.01. The zero-order chi connectivity index (χ0) is 16.4. The molecule has 0 N–H and O–H groups in total. The highest BCUT2D eigenvalue weighted by molar-refractivity contribution is 5.87. The van der Waals surface area contributed by atoms with E-state index in [1.807, 2.05) is 11.0 Å². The van der Waals surface area contributed by atoms with Crippen LogP contribution in [0.15, 0.2) is 30.9 Å². The maximum Gasteiger partial charge on any atom is 0.245 e. The molecule has 1 amide bonds. The number of hydrogen-bond acceptors (Lipinski definition) is 3. The predicted molar refractivity (Wildman–Crippen MR) is 86.7 cm³/mol. The van der Waals surface area contributed by atoms with Crippen LogP contribution in [0.25, 0.3) is 0 Å². The monoisotopic (exact) mass is 318 g/mol. The number of carbonyl (C=O) groups excluding carboxylic acids is 1. The highest BCUT2D eigenvalue weighted by Crippen LogP contribution is 2.40. The standard InChI is InChI=1S/C18H23FN2O2/c1-3-17(22)21-9-7-18(13-21)6-8-20(12-18)11-14-4-5-16(23-2)15(19)10-14/h3-5,10H,1,6-9,11-13H2,2H3. The van der Waals surface area contributed by atoms with Gasteiger partial charge >= 0.3 is 0 Å². The van der Waals surface area contributed by atoms with E-state index in [0.717, 1.165) is 51.1 Å². The van der Waals surface area contributed by atoms with E-state index < -0.39 is 0 Å². The van der Waals surface area contributed by atoms with E-state index in [4.69, 9.17) is 4.74 Å². The van der Waals surface area contributed by atoms with Crippen LogP contribution in [0, 0.1) is 11.2 Å². The van der Waals surface area contributed by atoms with Gasteiger partial charge in [0.25, 0.3) is 0 Å². The number of rotatable bonds is 4. The second-order valence-electron chi connectivity index (χ2n) is 6.64. The molecule has 1 aromatic rings. The lowest BCUT2D eigenvalue weighted by atomic mass is 9.86. The largest absolute Gasteiger partial charge is 0.494 e. The zero-order valence-corrected chi connectivity index (χ0v) is 13.6. The minimum atomic E-state index is -0.317. The molecule has 23 heavy (non-hydrogen) atoms. The molecule has 3 rings (SSSR count). The minimum absolute atomic E-state index is 0.0255. The molecular weight excluding hydrogens is 295 g/mol. The summed E-state index contributed by atoms with van der Waals surface area (Å²) in [6, 6.07) is 5.14. The summed E-state index contributed by atoms with van der Waals surface area (Å²) in [7, 11) is 1.47. The maximum absolute atomic E-state index is 13.8. The molecule has 2 fully saturated rings. The third-order valence-electron chi connectivity index (χ3n) is 5.06. The maximum atomic E-state index is 13.8. The zero-order valence-electron chi connectivity index (χ0n) is 13.6. The van der Waals surface area contributed by atoms with E-state index in [9.17, 15) is 9.18 Å². The Bertz CT molecular complexity index is 619. The van der Waals surface area contributed by atoms with Crippen molar-refractivity contribution in [1.29, 1.82) is 0 Å². The predicted octanol–water partition coefficient (Wildman–Crippen LogP) is 2.44. The van der Waals surface area contributed by atoms with Crippen LogP contribution in [0.4, 0.5) is 4.39 Å². The van der Waals surface area contributed by atoms with E-state index in [-0.39, 0.29) is 22.9 Å². The molecule has 2 aliphatic rings. The topological polar surface area (TPSA) is 32.8 Å². The van der Waals surface area contributed by atoms with Crippen LogP contribution < -0.4 is 4.74 Å². The lowest BCUT2D eigenvalue weighted by Crippen LogP contribution is -2.33. The van der Waals surface area contributed by atoms with Crippen molar-refractivity contribution in [2.24, 2.45) is 5.41 Å². The van der Waals surface area contributed by atoms with Crippen molar-refractivity contribution in [3.8, 4) is 5.75 Å². The molecule has 0 aromatic heterocycles. The molecule has 5 heteroatoms. The quantitative estimate of drug-likeness (QED) is 0.800. The summed E-state index contributed by atoms with van der Waals surface area (Å²) in [6.07, 6.45) is 3.53. The van der Waals surface area contributed by atoms with E-state index >= 15 is 0 Å². The van der Waals surface area contributed by atoms with Gasteiger partial charge in [-0.05, 0) is 43.2 Å². The molecule has 1 unspecified atom stereocenters. The van der Waals surface area contributed by atoms with Gasteiger partial charge in [0.15, 0.2) is 11.6 Å². The number of likely N-dealkylation sites (tertiary alicyclic amines) is 2. The second kappa shape index (κ2) is 6.32. The van der Waals surface area contributed by atoms with Crippen molar-refractivity contribution in [3.63, 3.8) is 0 Å². The van der Waals surface area contributed by atoms with Gasteiger partial charge in [0.1, 0.15) is 0 Å². The Hall–Kier alpha value is -1.88. The highest BCUT2D eigenvalue weighted by atomic mass is 19.1. The van der Waals surface area contributed by atoms with Gasteiger partial charge in [0.2, 0.25) is 5.91 Å². The van der Waals surface area contributed by atoms with E-state index in [1.54, 1.807) is 12.1 Å². The van der Waals surface area contributed by atoms with Gasteiger partial charge in [-0.25, -0.2) is 4.39 Å². The lowest BCUT2D eigenvalue weighted by Gasteiger charge is -2.24. The Morgan fingerprint density at radius 3 is 2.87 bits per heavy atom. The molecule has 0 aliphatic carbocycles. The Labute approximate surface area is 136 Å². The third kappa shape index (κ3) is 3.24. The first-order valence-electron chi connectivity index (χ1n) is 8.01. The fraction of sp³-hybridized carbons (Fsp3) is 0.500. The molecule has 0 bridgehead atoms. The van der Waals surface area contributed by atoms with Crippen molar-refractivity contribution in [2.75, 3.05) is 33.3 Å². The molecule has 2 saturated heterocycles. The summed E-state index contributed by atoms with van der Waals surface area (Å²) in [4.78, 5) is 16.0. The first kappa shape index (κ1) is 16.0. The van der Waals surface area contributed by atoms with Crippen LogP contribution in [0.3, 0.4) is 0 Å². The molecule has 1 atom stereocenters. The summed E-state index contributed by atoms with van der Waals surface area (Å²) in [5, 5.41) is 0. The number of nitrogens with zero attached hydrogens (tertiary/aromatic N) is 2. The van der Waals surface area contributed by atoms with Gasteiger partial charge in [-0.1, -0.05) is 12.6 Å². The number of methoxy groups -OCH3 is 1. The summed E-state index contributed by atoms with van der Waals surface area (Å²) in [5.41, 5.74) is 1.15. The Kier molecular flexibility index (Phi) is 4.39. The molecule has 2 heterocycles. The van der Waals surface area contributed by atoms with Crippen molar-refractivity contribution in [2.45, 2.75) is 19.4 Å². The van der Waals surface area contributed by atoms with Crippen LogP contribution in [0.1, 0.15) is 18.4 Å². The summed E-state index contributed by atoms with van der Waals surface area (Å²) >= 11 is 0. The molecule has 4 nitrogen and oxygen atoms in total. The van der Waals surface area contributed by atoms with Gasteiger partial charge < -0.3 is 9.64 Å². The number of carbonyl (C=O) groups is 1. The molecule has 124 valence electrons. The minimum Gasteiger partial charge on any atom is -0.494 e. The van der Waals surface area contributed by atoms with Crippen molar-refractivity contribution in [3.05, 3.63) is 42.2 Å². The van der Waals surface area contributed by atoms with Crippen LogP contribution in [-0.4, -0.2) is 49.0 Å². The number of halogens is 1. The van der Waals surface area contributed by atoms with Crippen molar-refractivity contribution < 1.29 is 13.9 Å². The Morgan fingerprint density at radius 1 is 1.39 bits per heavy atom. The molecule has 0 radical (unpaired) electrons. The second-order valence-corrected chi connectivity index (χ2v) is 6.64. The van der Waals surface area contributed by atoms with Crippen molar-refractivity contribution >= 4 is 5.91 Å². The Balaban J connectivity index is 1.61. The van der Waals surface area contributed by atoms with E-state index in [1.165, 1.54) is 13.2 Å². The molecular formula is C18H23FN2O2. The summed E-state index contributed by atoms with van der Waals surface area (Å²) < 4.78 is 18.8. The van der Waals surface area contributed by atoms with Crippen LogP contribution in [0.5, 0.6) is 5.75 Å². The number of hydrogen-bond donors (Lipinski definition) is 0. The molecule has 1 aromatic carbocycles. The van der Waals surface area contributed by atoms with Gasteiger partial charge in [-0.15, -0.1) is 0 Å². The van der Waals surface area contributed by atoms with Gasteiger partial charge in [-0.3, -0.25) is 9.69 Å². The third-order valence-corrected chi connectivity index (χ3v) is 5.06. The fourth-order valence-corrected chi connectivity index (χ4v) is 3.81. The van der Waals surface area contributed by atoms with Gasteiger partial charge in [0.05, 0.1) is 7.11 Å². The normalized spacial score (nSPS) is 24.3. The number of benzene rings is 1. The van der Waals surface area contributed by atoms with Crippen LogP contribution >= 0.6 is 0 Å². The lowest BCUT2D eigenvalue weighted by molar-refractivity contribution is -0.125. The number of ether oxygens (including phenoxy) is 1. The molecule has 1 spiro atoms. The molecule has 2 aliphatic heterocycles. The highest BCUT2D eigenvalue weighted by Gasteiger charge is 2.44. The van der Waals surface area contributed by atoms with E-state index in [2.05, 4.69) is 11.5 Å². The van der Waals surface area contributed by atoms with Gasteiger partial charge in [-0.2, -0.15) is 0 Å². The summed E-state index contributed by atoms with van der Waals surface area (Å²) in [6.45, 7) is 7.88. The fourth-order valence-electron chi connectivity index (χ4n) is 3.81. The smallest absolute Gasteiger partial charge is 0.245 e. The molecule has 0 saturated carbocycles. The van der Waals surface area contributed by atoms with E-state index in [0.29, 0.717) is 0 Å². The summed E-state index contributed by atoms with van der Waals surface area (Å²) in [5.74, 6) is -0.0129. The SMILES string of the molecule is C=CC(=O)N1CCC2(CCN(Cc3ccc(OC)c(F)c3)C2)C1. The average molecular weight is 318 g/mol. The van der Waals surface area contributed by atoms with Crippen LogP contribution in [-0.2, 0) is 11.3 Å². The van der Waals surface area contributed by atoms with Crippen molar-refractivity contribution in [1.82, 2.24) is 9.80 Å². The van der Waals surface area contributed by atoms with Gasteiger partial charge in [0, 0.05) is 31.6 Å².